The van der Waals surface area contributed by atoms with Crippen LogP contribution in [0.3, 0.4) is 0 Å². The largest absolute Gasteiger partial charge is 0.311 e. The van der Waals surface area contributed by atoms with Crippen LogP contribution < -0.4 is 88.4 Å². The standard InChI is InChI=1S/C96H70BN3Si3/c1-10-34-74(35-11-1)101(75-36-12-2-13-37-75,76-38-14-3-15-39-76)83-62-58-71(59-63-83)98-92-57-33-30-54-88(92)97-89-70-85(103(80-46-22-7-23-47-80,81-48-24-8-25-49-81)82-50-26-9-27-51-82)66-67-93(89)99(95-69-73(68-94(98)96(95)97)100-90-55-31-28-52-86(90)87-53-29-32-56-91(87)100)72-60-64-84(65-61-72)102(77-40-16-4-17-41-77,78-42-18-5-19-43-78)79-44-20-6-21-45-79/h1-70H. The first kappa shape index (κ1) is 61.7. The molecule has 19 rings (SSSR count). The first-order valence-corrected chi connectivity index (χ1v) is 41.8. The third-order valence-corrected chi connectivity index (χ3v) is 36.6. The highest BCUT2D eigenvalue weighted by Crippen LogP contribution is 2.46. The molecule has 103 heavy (non-hydrogen) atoms. The summed E-state index contributed by atoms with van der Waals surface area (Å²) in [7, 11) is -8.93. The summed E-state index contributed by atoms with van der Waals surface area (Å²) < 4.78 is 2.52. The second-order valence-electron chi connectivity index (χ2n) is 27.3. The van der Waals surface area contributed by atoms with Gasteiger partial charge in [0.1, 0.15) is 0 Å². The van der Waals surface area contributed by atoms with Crippen LogP contribution in [0, 0.1) is 0 Å². The molecule has 16 aromatic carbocycles. The molecular weight excluding hydrogens is 1290 g/mol. The van der Waals surface area contributed by atoms with E-state index >= 15 is 0 Å². The Hall–Kier alpha value is -12.4. The molecule has 0 fully saturated rings. The Kier molecular flexibility index (Phi) is 15.4. The number of aromatic nitrogens is 1. The number of nitrogens with zero attached hydrogens (tertiary/aromatic N) is 3. The molecule has 0 saturated heterocycles. The monoisotopic (exact) mass is 1360 g/mol. The van der Waals surface area contributed by atoms with Crippen LogP contribution in [0.25, 0.3) is 27.5 Å². The molecule has 0 N–H and O–H groups in total. The highest BCUT2D eigenvalue weighted by Gasteiger charge is 2.49. The summed E-state index contributed by atoms with van der Waals surface area (Å²) in [6, 6.07) is 162. The van der Waals surface area contributed by atoms with Crippen LogP contribution in [0.15, 0.2) is 425 Å². The minimum Gasteiger partial charge on any atom is -0.311 e. The molecule has 484 valence electrons. The van der Waals surface area contributed by atoms with Crippen molar-refractivity contribution in [3.8, 4) is 5.69 Å². The molecule has 3 nitrogen and oxygen atoms in total. The molecule has 3 heterocycles. The van der Waals surface area contributed by atoms with E-state index in [1.54, 1.807) is 0 Å². The van der Waals surface area contributed by atoms with E-state index in [-0.39, 0.29) is 6.71 Å². The average molecular weight is 1360 g/mol. The van der Waals surface area contributed by atoms with Crippen LogP contribution in [0.2, 0.25) is 0 Å². The summed E-state index contributed by atoms with van der Waals surface area (Å²) in [5.41, 5.74) is 14.0. The number of benzene rings is 16. The molecule has 0 saturated carbocycles. The van der Waals surface area contributed by atoms with E-state index in [1.807, 2.05) is 0 Å². The Balaban J connectivity index is 0.910. The molecule has 0 aliphatic carbocycles. The topological polar surface area (TPSA) is 11.4 Å². The third kappa shape index (κ3) is 9.76. The van der Waals surface area contributed by atoms with Gasteiger partial charge in [0.25, 0.3) is 6.71 Å². The van der Waals surface area contributed by atoms with Crippen molar-refractivity contribution in [3.05, 3.63) is 425 Å². The van der Waals surface area contributed by atoms with Crippen LogP contribution in [0.1, 0.15) is 0 Å². The van der Waals surface area contributed by atoms with E-state index in [0.29, 0.717) is 0 Å². The van der Waals surface area contributed by atoms with Crippen molar-refractivity contribution < 1.29 is 0 Å². The lowest BCUT2D eigenvalue weighted by molar-refractivity contribution is 1.16. The van der Waals surface area contributed by atoms with Gasteiger partial charge in [0.15, 0.2) is 24.2 Å². The molecular formula is C96H70BN3Si3. The fourth-order valence-corrected chi connectivity index (χ4v) is 32.2. The quantitative estimate of drug-likeness (QED) is 0.0749. The molecule has 0 bridgehead atoms. The summed E-state index contributed by atoms with van der Waals surface area (Å²) in [6.07, 6.45) is 0. The summed E-state index contributed by atoms with van der Waals surface area (Å²) >= 11 is 0. The molecule has 0 spiro atoms. The van der Waals surface area contributed by atoms with Crippen LogP contribution in [0.5, 0.6) is 0 Å². The predicted molar refractivity (Wildman–Crippen MR) is 446 cm³/mol. The molecule has 0 amide bonds. The van der Waals surface area contributed by atoms with Gasteiger partial charge >= 0.3 is 0 Å². The molecule has 0 radical (unpaired) electrons. The fourth-order valence-electron chi connectivity index (χ4n) is 18.0. The van der Waals surface area contributed by atoms with Gasteiger partial charge in [-0.25, -0.2) is 0 Å². The van der Waals surface area contributed by atoms with Crippen molar-refractivity contribution in [3.63, 3.8) is 0 Å². The maximum absolute atomic E-state index is 3.09. The van der Waals surface area contributed by atoms with Gasteiger partial charge in [0.2, 0.25) is 0 Å². The number of anilines is 6. The lowest BCUT2D eigenvalue weighted by Crippen LogP contribution is -2.75. The van der Waals surface area contributed by atoms with Gasteiger partial charge in [-0.1, -0.05) is 364 Å². The first-order valence-electron chi connectivity index (χ1n) is 35.8. The average Bonchev–Trinajstić information content (AvgIpc) is 1.10. The summed E-state index contributed by atoms with van der Waals surface area (Å²) in [6.45, 7) is -0.188. The minimum absolute atomic E-state index is 0.188. The van der Waals surface area contributed by atoms with Gasteiger partial charge in [-0.2, -0.15) is 0 Å². The second kappa shape index (κ2) is 25.7. The zero-order valence-electron chi connectivity index (χ0n) is 56.8. The molecule has 17 aromatic rings. The van der Waals surface area contributed by atoms with Crippen molar-refractivity contribution in [2.45, 2.75) is 0 Å². The maximum atomic E-state index is 2.66. The molecule has 0 unspecified atom stereocenters. The van der Waals surface area contributed by atoms with Gasteiger partial charge in [0.05, 0.1) is 16.7 Å². The number of para-hydroxylation sites is 3. The molecule has 1 aromatic heterocycles. The van der Waals surface area contributed by atoms with Crippen molar-refractivity contribution in [2.24, 2.45) is 0 Å². The van der Waals surface area contributed by atoms with E-state index < -0.39 is 24.2 Å². The zero-order valence-corrected chi connectivity index (χ0v) is 59.8. The number of hydrogen-bond donors (Lipinski definition) is 0. The van der Waals surface area contributed by atoms with Gasteiger partial charge in [-0.15, -0.1) is 0 Å². The minimum atomic E-state index is -3.09. The van der Waals surface area contributed by atoms with E-state index in [0.717, 1.165) is 50.8 Å². The van der Waals surface area contributed by atoms with E-state index in [4.69, 9.17) is 0 Å². The van der Waals surface area contributed by atoms with Crippen molar-refractivity contribution in [2.75, 3.05) is 9.80 Å². The van der Waals surface area contributed by atoms with Crippen LogP contribution >= 0.6 is 0 Å². The summed E-state index contributed by atoms with van der Waals surface area (Å²) in [5, 5.41) is 18.5. The smallest absolute Gasteiger partial charge is 0.252 e. The zero-order chi connectivity index (χ0) is 68.3. The van der Waals surface area contributed by atoms with Crippen LogP contribution in [0.4, 0.5) is 34.1 Å². The highest BCUT2D eigenvalue weighted by molar-refractivity contribution is 7.21. The van der Waals surface area contributed by atoms with Crippen LogP contribution in [-0.4, -0.2) is 35.5 Å². The Morgan fingerprint density at radius 1 is 0.184 bits per heavy atom. The third-order valence-electron chi connectivity index (χ3n) is 22.2. The number of hydrogen-bond acceptors (Lipinski definition) is 2. The Morgan fingerprint density at radius 3 is 0.786 bits per heavy atom. The first-order chi connectivity index (χ1) is 51.1. The second-order valence-corrected chi connectivity index (χ2v) is 38.8. The van der Waals surface area contributed by atoms with Gasteiger partial charge in [-0.05, 0) is 139 Å². The maximum Gasteiger partial charge on any atom is 0.252 e. The number of rotatable bonds is 15. The van der Waals surface area contributed by atoms with Crippen LogP contribution in [-0.2, 0) is 0 Å². The van der Waals surface area contributed by atoms with Crippen molar-refractivity contribution in [1.82, 2.24) is 4.57 Å². The van der Waals surface area contributed by atoms with E-state index in [2.05, 4.69) is 439 Å². The molecule has 7 heteroatoms. The summed E-state index contributed by atoms with van der Waals surface area (Å²) in [4.78, 5) is 5.24. The summed E-state index contributed by atoms with van der Waals surface area (Å²) in [5.74, 6) is 0. The van der Waals surface area contributed by atoms with E-state index in [1.165, 1.54) is 89.4 Å². The lowest BCUT2D eigenvalue weighted by Gasteiger charge is -2.45. The number of fused-ring (bicyclic) bond motifs is 7. The molecule has 0 atom stereocenters. The van der Waals surface area contributed by atoms with Crippen molar-refractivity contribution in [1.29, 1.82) is 0 Å². The SMILES string of the molecule is c1ccc([Si](c2ccccc2)(c2ccccc2)c2ccc(N3c4ccccc4B4c5cc([Si](c6ccccc6)(c6ccccc6)c6ccccc6)ccc5N(c5ccc([Si](c6ccccc6)(c6ccccc6)c6ccccc6)cc5)c5cc(-n6c7ccccc7c7ccccc76)cc3c54)cc2)cc1. The van der Waals surface area contributed by atoms with Crippen molar-refractivity contribution >= 4 is 165 Å². The van der Waals surface area contributed by atoms with Gasteiger partial charge in [-0.3, -0.25) is 0 Å². The fraction of sp³-hybridized carbons (Fsp3) is 0. The normalized spacial score (nSPS) is 12.6. The Morgan fingerprint density at radius 2 is 0.447 bits per heavy atom. The van der Waals surface area contributed by atoms with Gasteiger partial charge in [0, 0.05) is 44.9 Å². The Bertz CT molecular complexity index is 5550. The highest BCUT2D eigenvalue weighted by atomic mass is 28.3. The molecule has 2 aliphatic rings. The van der Waals surface area contributed by atoms with E-state index in [9.17, 15) is 0 Å². The molecule has 2 aliphatic heterocycles. The Labute approximate surface area is 605 Å². The predicted octanol–water partition coefficient (Wildman–Crippen LogP) is 13.0. The van der Waals surface area contributed by atoms with Gasteiger partial charge < -0.3 is 14.4 Å². The lowest BCUT2D eigenvalue weighted by atomic mass is 9.33.